The van der Waals surface area contributed by atoms with Crippen molar-refractivity contribution in [2.45, 2.75) is 12.7 Å². The number of pyridine rings is 1. The Hall–Kier alpha value is -2.43. The third kappa shape index (κ3) is 3.55. The molecule has 0 spiro atoms. The summed E-state index contributed by atoms with van der Waals surface area (Å²) in [6.45, 7) is 0.374. The zero-order valence-corrected chi connectivity index (χ0v) is 13.9. The lowest BCUT2D eigenvalue weighted by atomic mass is 10.2. The third-order valence-electron chi connectivity index (χ3n) is 3.14. The molecule has 0 saturated heterocycles. The average Bonchev–Trinajstić information content (AvgIpc) is 3.11. The molecular weight excluding hydrogens is 391 g/mol. The van der Waals surface area contributed by atoms with Crippen LogP contribution in [0.4, 0.5) is 19.1 Å². The summed E-state index contributed by atoms with van der Waals surface area (Å²) in [4.78, 5) is 11.9. The first-order valence-corrected chi connectivity index (χ1v) is 7.50. The van der Waals surface area contributed by atoms with Gasteiger partial charge in [0.05, 0.1) is 12.2 Å². The average molecular weight is 402 g/mol. The molecule has 0 fully saturated rings. The lowest BCUT2D eigenvalue weighted by Gasteiger charge is -2.04. The monoisotopic (exact) mass is 401 g/mol. The molecule has 3 rings (SSSR count). The molecule has 0 bridgehead atoms. The van der Waals surface area contributed by atoms with Gasteiger partial charge in [-0.15, -0.1) is 5.10 Å². The molecule has 0 aromatic carbocycles. The molecule has 126 valence electrons. The van der Waals surface area contributed by atoms with Crippen LogP contribution in [-0.2, 0) is 19.8 Å². The lowest BCUT2D eigenvalue weighted by molar-refractivity contribution is -0.140. The molecule has 0 aliphatic heterocycles. The molecule has 7 nitrogen and oxygen atoms in total. The fourth-order valence-corrected chi connectivity index (χ4v) is 2.28. The summed E-state index contributed by atoms with van der Waals surface area (Å²) in [5, 5.41) is 9.48. The summed E-state index contributed by atoms with van der Waals surface area (Å²) >= 11 is 3.14. The quantitative estimate of drug-likeness (QED) is 0.701. The van der Waals surface area contributed by atoms with E-state index in [1.165, 1.54) is 17.8 Å². The molecule has 0 saturated carbocycles. The van der Waals surface area contributed by atoms with Crippen molar-refractivity contribution in [2.75, 3.05) is 5.32 Å². The summed E-state index contributed by atoms with van der Waals surface area (Å²) in [5.41, 5.74) is 0.253. The van der Waals surface area contributed by atoms with Crippen LogP contribution >= 0.6 is 15.9 Å². The Morgan fingerprint density at radius 2 is 2.08 bits per heavy atom. The van der Waals surface area contributed by atoms with Crippen molar-refractivity contribution in [3.63, 3.8) is 0 Å². The highest BCUT2D eigenvalue weighted by Gasteiger charge is 2.34. The molecule has 0 atom stereocenters. The number of nitrogens with zero attached hydrogens (tertiary/aromatic N) is 5. The zero-order chi connectivity index (χ0) is 17.3. The Kier molecular flexibility index (Phi) is 4.26. The SMILES string of the molecule is Cn1cc(C(F)(F)F)nc1-c1ccc(CNc2n[nH]c(Br)n2)nc1. The molecule has 3 aromatic rings. The first-order chi connectivity index (χ1) is 11.3. The number of hydrogen-bond acceptors (Lipinski definition) is 5. The highest BCUT2D eigenvalue weighted by Crippen LogP contribution is 2.30. The normalized spacial score (nSPS) is 11.7. The molecule has 3 aromatic heterocycles. The Bertz CT molecular complexity index is 838. The molecule has 0 radical (unpaired) electrons. The second kappa shape index (κ2) is 6.23. The number of aromatic nitrogens is 6. The van der Waals surface area contributed by atoms with E-state index in [1.807, 2.05) is 0 Å². The van der Waals surface area contributed by atoms with Crippen molar-refractivity contribution < 1.29 is 13.2 Å². The largest absolute Gasteiger partial charge is 0.434 e. The number of hydrogen-bond donors (Lipinski definition) is 2. The van der Waals surface area contributed by atoms with Crippen LogP contribution in [0.3, 0.4) is 0 Å². The minimum atomic E-state index is -4.47. The second-order valence-corrected chi connectivity index (χ2v) is 5.65. The summed E-state index contributed by atoms with van der Waals surface area (Å²) in [7, 11) is 1.51. The number of aromatic amines is 1. The lowest BCUT2D eigenvalue weighted by Crippen LogP contribution is -2.05. The summed E-state index contributed by atoms with van der Waals surface area (Å²) in [6, 6.07) is 3.37. The Morgan fingerprint density at radius 3 is 2.62 bits per heavy atom. The molecule has 3 heterocycles. The molecule has 24 heavy (non-hydrogen) atoms. The molecule has 11 heteroatoms. The molecular formula is C13H11BrF3N7. The number of nitrogens with one attached hydrogen (secondary N) is 2. The fourth-order valence-electron chi connectivity index (χ4n) is 2.02. The van der Waals surface area contributed by atoms with Gasteiger partial charge in [0.1, 0.15) is 5.82 Å². The van der Waals surface area contributed by atoms with Crippen molar-refractivity contribution in [2.24, 2.45) is 7.05 Å². The van der Waals surface area contributed by atoms with Gasteiger partial charge in [-0.25, -0.2) is 4.98 Å². The second-order valence-electron chi connectivity index (χ2n) is 4.90. The number of anilines is 1. The van der Waals surface area contributed by atoms with Crippen molar-refractivity contribution in [1.29, 1.82) is 0 Å². The summed E-state index contributed by atoms with van der Waals surface area (Å²) < 4.78 is 39.9. The number of halogens is 4. The van der Waals surface area contributed by atoms with Crippen LogP contribution < -0.4 is 5.32 Å². The van der Waals surface area contributed by atoms with Gasteiger partial charge in [0, 0.05) is 25.0 Å². The van der Waals surface area contributed by atoms with E-state index in [-0.39, 0.29) is 5.82 Å². The molecule has 0 amide bonds. The smallest absolute Gasteiger partial charge is 0.347 e. The highest BCUT2D eigenvalue weighted by molar-refractivity contribution is 9.10. The minimum absolute atomic E-state index is 0.201. The van der Waals surface area contributed by atoms with Gasteiger partial charge in [0.2, 0.25) is 5.95 Å². The maximum Gasteiger partial charge on any atom is 0.434 e. The van der Waals surface area contributed by atoms with Gasteiger partial charge in [-0.1, -0.05) is 0 Å². The van der Waals surface area contributed by atoms with Gasteiger partial charge in [-0.05, 0) is 28.1 Å². The van der Waals surface area contributed by atoms with Crippen LogP contribution in [0.15, 0.2) is 29.3 Å². The van der Waals surface area contributed by atoms with E-state index in [1.54, 1.807) is 12.1 Å². The Morgan fingerprint density at radius 1 is 1.29 bits per heavy atom. The van der Waals surface area contributed by atoms with Gasteiger partial charge in [-0.3, -0.25) is 10.1 Å². The van der Waals surface area contributed by atoms with E-state index < -0.39 is 11.9 Å². The van der Waals surface area contributed by atoms with Gasteiger partial charge in [0.15, 0.2) is 10.4 Å². The number of rotatable bonds is 4. The topological polar surface area (TPSA) is 84.3 Å². The highest BCUT2D eigenvalue weighted by atomic mass is 79.9. The first kappa shape index (κ1) is 16.4. The van der Waals surface area contributed by atoms with E-state index in [0.29, 0.717) is 28.5 Å². The van der Waals surface area contributed by atoms with Crippen molar-refractivity contribution in [3.05, 3.63) is 40.6 Å². The van der Waals surface area contributed by atoms with Crippen LogP contribution in [0.2, 0.25) is 0 Å². The number of aryl methyl sites for hydroxylation is 1. The zero-order valence-electron chi connectivity index (χ0n) is 12.3. The predicted octanol–water partition coefficient (Wildman–Crippen LogP) is 2.99. The van der Waals surface area contributed by atoms with Gasteiger partial charge >= 0.3 is 6.18 Å². The van der Waals surface area contributed by atoms with Crippen molar-refractivity contribution in [3.8, 4) is 11.4 Å². The van der Waals surface area contributed by atoms with E-state index in [4.69, 9.17) is 0 Å². The van der Waals surface area contributed by atoms with Crippen molar-refractivity contribution in [1.82, 2.24) is 29.7 Å². The van der Waals surface area contributed by atoms with Crippen LogP contribution in [0.25, 0.3) is 11.4 Å². The van der Waals surface area contributed by atoms with E-state index in [9.17, 15) is 13.2 Å². The molecule has 0 aliphatic carbocycles. The predicted molar refractivity (Wildman–Crippen MR) is 82.9 cm³/mol. The van der Waals surface area contributed by atoms with Gasteiger partial charge < -0.3 is 9.88 Å². The maximum atomic E-state index is 12.7. The molecule has 0 unspecified atom stereocenters. The van der Waals surface area contributed by atoms with Crippen LogP contribution in [0, 0.1) is 0 Å². The molecule has 0 aliphatic rings. The summed E-state index contributed by atoms with van der Waals surface area (Å²) in [5.74, 6) is 0.610. The van der Waals surface area contributed by atoms with Crippen LogP contribution in [-0.4, -0.2) is 29.7 Å². The number of imidazole rings is 1. The summed E-state index contributed by atoms with van der Waals surface area (Å²) in [6.07, 6.45) is -2.04. The van der Waals surface area contributed by atoms with Crippen molar-refractivity contribution >= 4 is 21.9 Å². The third-order valence-corrected chi connectivity index (χ3v) is 3.49. The molecule has 2 N–H and O–H groups in total. The van der Waals surface area contributed by atoms with Gasteiger partial charge in [-0.2, -0.15) is 18.2 Å². The minimum Gasteiger partial charge on any atom is -0.347 e. The van der Waals surface area contributed by atoms with E-state index in [0.717, 1.165) is 6.20 Å². The fraction of sp³-hybridized carbons (Fsp3) is 0.231. The van der Waals surface area contributed by atoms with E-state index >= 15 is 0 Å². The number of H-pyrrole nitrogens is 1. The van der Waals surface area contributed by atoms with E-state index in [2.05, 4.69) is 46.4 Å². The van der Waals surface area contributed by atoms with Crippen LogP contribution in [0.1, 0.15) is 11.4 Å². The maximum absolute atomic E-state index is 12.7. The number of alkyl halides is 3. The Labute approximate surface area is 142 Å². The Balaban J connectivity index is 1.73. The first-order valence-electron chi connectivity index (χ1n) is 6.70. The van der Waals surface area contributed by atoms with Gasteiger partial charge in [0.25, 0.3) is 0 Å². The standard InChI is InChI=1S/C13H11BrF3N7/c1-24-6-9(13(15,16)17)20-10(24)7-2-3-8(18-4-7)5-19-12-21-11(14)22-23-12/h2-4,6H,5H2,1H3,(H2,19,21,22,23). The van der Waals surface area contributed by atoms with Crippen LogP contribution in [0.5, 0.6) is 0 Å².